The molecule has 0 radical (unpaired) electrons. The normalized spacial score (nSPS) is 13.5. The SMILES string of the molecule is Cc1ccccc1C(=O)N1CCc2c(n(CC(=O)NO)c3ccccc23)C1. The summed E-state index contributed by atoms with van der Waals surface area (Å²) in [5.41, 5.74) is 6.42. The van der Waals surface area contributed by atoms with Crippen molar-refractivity contribution in [1.82, 2.24) is 14.9 Å². The number of fused-ring (bicyclic) bond motifs is 3. The third-order valence-electron chi connectivity index (χ3n) is 5.26. The summed E-state index contributed by atoms with van der Waals surface area (Å²) in [7, 11) is 0. The molecule has 1 aromatic heterocycles. The Bertz CT molecular complexity index is 1040. The van der Waals surface area contributed by atoms with E-state index in [-0.39, 0.29) is 12.5 Å². The number of hydrogen-bond acceptors (Lipinski definition) is 3. The lowest BCUT2D eigenvalue weighted by molar-refractivity contribution is -0.129. The molecule has 1 aliphatic heterocycles. The molecular formula is C21H21N3O3. The Morgan fingerprint density at radius 3 is 2.63 bits per heavy atom. The van der Waals surface area contributed by atoms with Gasteiger partial charge in [-0.3, -0.25) is 14.8 Å². The van der Waals surface area contributed by atoms with E-state index in [1.165, 1.54) is 5.56 Å². The van der Waals surface area contributed by atoms with Crippen LogP contribution in [0.2, 0.25) is 0 Å². The topological polar surface area (TPSA) is 74.6 Å². The Labute approximate surface area is 157 Å². The second-order valence-corrected chi connectivity index (χ2v) is 6.86. The predicted molar refractivity (Wildman–Crippen MR) is 101 cm³/mol. The number of nitrogens with zero attached hydrogens (tertiary/aromatic N) is 2. The van der Waals surface area contributed by atoms with Crippen LogP contribution in [0, 0.1) is 6.92 Å². The molecule has 1 aliphatic rings. The molecule has 138 valence electrons. The number of hydroxylamine groups is 1. The summed E-state index contributed by atoms with van der Waals surface area (Å²) in [5, 5.41) is 10.1. The van der Waals surface area contributed by atoms with E-state index in [4.69, 9.17) is 5.21 Å². The number of para-hydroxylation sites is 1. The number of carbonyl (C=O) groups is 2. The zero-order valence-electron chi connectivity index (χ0n) is 15.1. The summed E-state index contributed by atoms with van der Waals surface area (Å²) in [6.45, 7) is 3.03. The summed E-state index contributed by atoms with van der Waals surface area (Å²) in [4.78, 5) is 26.7. The number of amides is 2. The Kier molecular flexibility index (Phi) is 4.41. The minimum atomic E-state index is -0.485. The van der Waals surface area contributed by atoms with Gasteiger partial charge < -0.3 is 9.47 Å². The van der Waals surface area contributed by atoms with Crippen LogP contribution in [0.3, 0.4) is 0 Å². The standard InChI is InChI=1S/C21H21N3O3/c1-14-6-2-3-7-15(14)21(26)23-11-10-17-16-8-4-5-9-18(16)24(19(17)12-23)13-20(25)22-27/h2-9,27H,10-13H2,1H3,(H,22,25). The molecule has 2 N–H and O–H groups in total. The van der Waals surface area contributed by atoms with Gasteiger partial charge in [0.25, 0.3) is 11.8 Å². The number of rotatable bonds is 3. The average Bonchev–Trinajstić information content (AvgIpc) is 3.01. The average molecular weight is 363 g/mol. The number of carbonyl (C=O) groups excluding carboxylic acids is 2. The maximum absolute atomic E-state index is 13.0. The van der Waals surface area contributed by atoms with Crippen LogP contribution < -0.4 is 5.48 Å². The van der Waals surface area contributed by atoms with Crippen LogP contribution >= 0.6 is 0 Å². The molecule has 3 aromatic rings. The quantitative estimate of drug-likeness (QED) is 0.555. The van der Waals surface area contributed by atoms with Gasteiger partial charge in [-0.15, -0.1) is 0 Å². The van der Waals surface area contributed by atoms with Crippen molar-refractivity contribution in [3.8, 4) is 0 Å². The maximum atomic E-state index is 13.0. The Morgan fingerprint density at radius 1 is 1.11 bits per heavy atom. The molecule has 0 saturated carbocycles. The zero-order valence-corrected chi connectivity index (χ0v) is 15.1. The van der Waals surface area contributed by atoms with E-state index in [2.05, 4.69) is 0 Å². The lowest BCUT2D eigenvalue weighted by atomic mass is 10.0. The molecule has 0 fully saturated rings. The molecule has 0 bridgehead atoms. The van der Waals surface area contributed by atoms with Gasteiger partial charge in [0.05, 0.1) is 6.54 Å². The van der Waals surface area contributed by atoms with Crippen molar-refractivity contribution in [3.63, 3.8) is 0 Å². The van der Waals surface area contributed by atoms with Crippen molar-refractivity contribution in [2.24, 2.45) is 0 Å². The van der Waals surface area contributed by atoms with Gasteiger partial charge in [-0.05, 0) is 36.6 Å². The van der Waals surface area contributed by atoms with Crippen LogP contribution in [0.25, 0.3) is 10.9 Å². The van der Waals surface area contributed by atoms with E-state index in [1.54, 1.807) is 5.48 Å². The van der Waals surface area contributed by atoms with Crippen LogP contribution in [-0.2, 0) is 24.3 Å². The third-order valence-corrected chi connectivity index (χ3v) is 5.26. The molecule has 0 aliphatic carbocycles. The highest BCUT2D eigenvalue weighted by molar-refractivity contribution is 5.96. The van der Waals surface area contributed by atoms with Gasteiger partial charge >= 0.3 is 0 Å². The van der Waals surface area contributed by atoms with Crippen molar-refractivity contribution < 1.29 is 14.8 Å². The molecule has 4 rings (SSSR count). The van der Waals surface area contributed by atoms with E-state index in [1.807, 2.05) is 64.9 Å². The molecule has 2 heterocycles. The molecule has 2 aromatic carbocycles. The lowest BCUT2D eigenvalue weighted by Gasteiger charge is -2.29. The van der Waals surface area contributed by atoms with Crippen molar-refractivity contribution in [2.75, 3.05) is 6.54 Å². The highest BCUT2D eigenvalue weighted by atomic mass is 16.5. The fourth-order valence-electron chi connectivity index (χ4n) is 3.91. The summed E-state index contributed by atoms with van der Waals surface area (Å²) in [6, 6.07) is 15.5. The van der Waals surface area contributed by atoms with Gasteiger partial charge in [0.15, 0.2) is 0 Å². The molecule has 0 spiro atoms. The second kappa shape index (κ2) is 6.89. The van der Waals surface area contributed by atoms with Gasteiger partial charge in [-0.1, -0.05) is 36.4 Å². The first-order valence-electron chi connectivity index (χ1n) is 8.97. The Morgan fingerprint density at radius 2 is 1.85 bits per heavy atom. The molecule has 0 atom stereocenters. The van der Waals surface area contributed by atoms with Crippen LogP contribution in [0.5, 0.6) is 0 Å². The highest BCUT2D eigenvalue weighted by Crippen LogP contribution is 2.31. The first kappa shape index (κ1) is 17.3. The molecule has 0 unspecified atom stereocenters. The lowest BCUT2D eigenvalue weighted by Crippen LogP contribution is -2.37. The maximum Gasteiger partial charge on any atom is 0.263 e. The van der Waals surface area contributed by atoms with Crippen molar-refractivity contribution in [1.29, 1.82) is 0 Å². The first-order valence-corrected chi connectivity index (χ1v) is 8.97. The van der Waals surface area contributed by atoms with Crippen molar-refractivity contribution >= 4 is 22.7 Å². The predicted octanol–water partition coefficient (Wildman–Crippen LogP) is 2.65. The fraction of sp³-hybridized carbons (Fsp3) is 0.238. The number of benzene rings is 2. The summed E-state index contributed by atoms with van der Waals surface area (Å²) < 4.78 is 1.90. The molecule has 6 nitrogen and oxygen atoms in total. The highest BCUT2D eigenvalue weighted by Gasteiger charge is 2.28. The van der Waals surface area contributed by atoms with Crippen molar-refractivity contribution in [2.45, 2.75) is 26.4 Å². The summed E-state index contributed by atoms with van der Waals surface area (Å²) in [6.07, 6.45) is 0.737. The van der Waals surface area contributed by atoms with E-state index in [0.29, 0.717) is 18.7 Å². The molecule has 0 saturated heterocycles. The fourth-order valence-corrected chi connectivity index (χ4v) is 3.91. The van der Waals surface area contributed by atoms with Gasteiger partial charge in [0.2, 0.25) is 0 Å². The minimum Gasteiger partial charge on any atom is -0.333 e. The van der Waals surface area contributed by atoms with Gasteiger partial charge in [-0.2, -0.15) is 0 Å². The second-order valence-electron chi connectivity index (χ2n) is 6.86. The van der Waals surface area contributed by atoms with Gasteiger partial charge in [0, 0.05) is 28.7 Å². The number of aryl methyl sites for hydroxylation is 1. The summed E-state index contributed by atoms with van der Waals surface area (Å²) >= 11 is 0. The monoisotopic (exact) mass is 363 g/mol. The third kappa shape index (κ3) is 2.98. The van der Waals surface area contributed by atoms with Gasteiger partial charge in [-0.25, -0.2) is 5.48 Å². The minimum absolute atomic E-state index is 0.00201. The van der Waals surface area contributed by atoms with E-state index >= 15 is 0 Å². The van der Waals surface area contributed by atoms with E-state index in [9.17, 15) is 9.59 Å². The Hall–Kier alpha value is -3.12. The molecular weight excluding hydrogens is 342 g/mol. The number of aromatic nitrogens is 1. The Balaban J connectivity index is 1.74. The zero-order chi connectivity index (χ0) is 19.0. The van der Waals surface area contributed by atoms with E-state index < -0.39 is 5.91 Å². The van der Waals surface area contributed by atoms with E-state index in [0.717, 1.165) is 28.6 Å². The van der Waals surface area contributed by atoms with Crippen molar-refractivity contribution in [3.05, 3.63) is 70.9 Å². The van der Waals surface area contributed by atoms with Crippen LogP contribution in [0.15, 0.2) is 48.5 Å². The number of nitrogens with one attached hydrogen (secondary N) is 1. The van der Waals surface area contributed by atoms with Crippen LogP contribution in [0.4, 0.5) is 0 Å². The molecule has 2 amide bonds. The summed E-state index contributed by atoms with van der Waals surface area (Å²) in [5.74, 6) is -0.483. The molecule has 27 heavy (non-hydrogen) atoms. The first-order chi connectivity index (χ1) is 13.1. The smallest absolute Gasteiger partial charge is 0.263 e. The number of hydrogen-bond donors (Lipinski definition) is 2. The van der Waals surface area contributed by atoms with Gasteiger partial charge in [0.1, 0.15) is 6.54 Å². The largest absolute Gasteiger partial charge is 0.333 e. The van der Waals surface area contributed by atoms with Crippen LogP contribution in [-0.4, -0.2) is 33.0 Å². The van der Waals surface area contributed by atoms with Crippen LogP contribution in [0.1, 0.15) is 27.2 Å². The molecule has 6 heteroatoms.